The van der Waals surface area contributed by atoms with Gasteiger partial charge in [-0.3, -0.25) is 4.90 Å². The van der Waals surface area contributed by atoms with Crippen LogP contribution in [-0.4, -0.2) is 56.3 Å². The zero-order valence-electron chi connectivity index (χ0n) is 21.0. The highest BCUT2D eigenvalue weighted by Gasteiger charge is 2.34. The molecule has 0 aliphatic carbocycles. The molecule has 0 N–H and O–H groups in total. The predicted octanol–water partition coefficient (Wildman–Crippen LogP) is 5.46. The Morgan fingerprint density at radius 2 is 1.56 bits per heavy atom. The number of hydrogen-bond donors (Lipinski definition) is 0. The van der Waals surface area contributed by atoms with E-state index in [1.54, 1.807) is 28.2 Å². The van der Waals surface area contributed by atoms with E-state index in [0.29, 0.717) is 25.5 Å². The van der Waals surface area contributed by atoms with Gasteiger partial charge in [0.05, 0.1) is 21.8 Å². The van der Waals surface area contributed by atoms with Crippen molar-refractivity contribution in [3.8, 4) is 0 Å². The van der Waals surface area contributed by atoms with Gasteiger partial charge in [0.1, 0.15) is 0 Å². The second kappa shape index (κ2) is 10.7. The Balaban J connectivity index is 1.26. The van der Waals surface area contributed by atoms with Crippen LogP contribution in [0.25, 0.3) is 10.2 Å². The number of piperazine rings is 1. The Morgan fingerprint density at radius 3 is 2.28 bits per heavy atom. The molecule has 6 rings (SSSR count). The van der Waals surface area contributed by atoms with Crippen LogP contribution >= 0.6 is 11.3 Å². The van der Waals surface area contributed by atoms with E-state index in [-0.39, 0.29) is 6.04 Å². The Hall–Kier alpha value is -3.83. The van der Waals surface area contributed by atoms with Crippen molar-refractivity contribution in [3.05, 3.63) is 101 Å². The maximum Gasteiger partial charge on any atom is 0.416 e. The molecule has 5 aromatic rings. The highest BCUT2D eigenvalue weighted by Crippen LogP contribution is 2.34. The van der Waals surface area contributed by atoms with Crippen molar-refractivity contribution in [1.29, 1.82) is 0 Å². The van der Waals surface area contributed by atoms with E-state index >= 15 is 0 Å². The summed E-state index contributed by atoms with van der Waals surface area (Å²) in [6.45, 7) is 3.42. The quantitative estimate of drug-likeness (QED) is 0.269. The molecule has 1 aliphatic heterocycles. The largest absolute Gasteiger partial charge is 0.416 e. The van der Waals surface area contributed by atoms with Crippen LogP contribution < -0.4 is 4.90 Å². The molecule has 0 unspecified atom stereocenters. The number of halogens is 3. The maximum atomic E-state index is 13.3. The molecule has 0 saturated carbocycles. The third kappa shape index (κ3) is 5.50. The first-order valence-corrected chi connectivity index (χ1v) is 13.6. The molecule has 3 heterocycles. The fourth-order valence-corrected chi connectivity index (χ4v) is 6.01. The molecule has 1 saturated heterocycles. The maximum absolute atomic E-state index is 13.3. The van der Waals surface area contributed by atoms with Crippen molar-refractivity contribution >= 4 is 26.7 Å². The number of thiazole rings is 1. The van der Waals surface area contributed by atoms with Crippen LogP contribution in [0.5, 0.6) is 0 Å². The zero-order valence-corrected chi connectivity index (χ0v) is 21.8. The zero-order chi connectivity index (χ0) is 26.8. The van der Waals surface area contributed by atoms with Gasteiger partial charge in [0.25, 0.3) is 0 Å². The number of para-hydroxylation sites is 1. The minimum absolute atomic E-state index is 0.379. The van der Waals surface area contributed by atoms with E-state index in [0.717, 1.165) is 58.1 Å². The number of fused-ring (bicyclic) bond motifs is 1. The monoisotopic (exact) mass is 549 g/mol. The van der Waals surface area contributed by atoms with E-state index < -0.39 is 11.7 Å². The number of nitrogens with zero attached hydrogens (tertiary/aromatic N) is 7. The molecule has 2 aromatic heterocycles. The van der Waals surface area contributed by atoms with Crippen molar-refractivity contribution in [2.75, 3.05) is 31.1 Å². The summed E-state index contributed by atoms with van der Waals surface area (Å²) in [5.41, 5.74) is 2.20. The van der Waals surface area contributed by atoms with E-state index in [4.69, 9.17) is 4.98 Å². The summed E-state index contributed by atoms with van der Waals surface area (Å²) in [6.07, 6.45) is -3.65. The second-order valence-corrected chi connectivity index (χ2v) is 10.5. The minimum Gasteiger partial charge on any atom is -0.345 e. The number of anilines is 1. The van der Waals surface area contributed by atoms with Crippen LogP contribution in [0.1, 0.15) is 28.6 Å². The van der Waals surface area contributed by atoms with Crippen molar-refractivity contribution in [2.45, 2.75) is 25.2 Å². The lowest BCUT2D eigenvalue weighted by Crippen LogP contribution is -2.48. The third-order valence-electron chi connectivity index (χ3n) is 7.05. The molecular weight excluding hydrogens is 523 g/mol. The third-order valence-corrected chi connectivity index (χ3v) is 8.14. The summed E-state index contributed by atoms with van der Waals surface area (Å²) in [6, 6.07) is 23.1. The number of tetrazole rings is 1. The van der Waals surface area contributed by atoms with Gasteiger partial charge < -0.3 is 4.90 Å². The van der Waals surface area contributed by atoms with Crippen molar-refractivity contribution in [1.82, 2.24) is 30.1 Å². The van der Waals surface area contributed by atoms with Gasteiger partial charge in [-0.2, -0.15) is 13.2 Å². The number of rotatable bonds is 7. The van der Waals surface area contributed by atoms with E-state index in [1.165, 1.54) is 0 Å². The number of aryl methyl sites for hydroxylation is 2. The summed E-state index contributed by atoms with van der Waals surface area (Å²) in [4.78, 5) is 9.31. The minimum atomic E-state index is -4.39. The molecule has 1 atom stereocenters. The standard InChI is InChI=1S/C28H26F3N7S/c29-28(30,31)22-12-10-21(11-13-22)25(26-33-34-35-38(26)15-14-20-6-2-1-3-7-20)36-16-18-37(19-17-36)27-32-23-8-4-5-9-24(23)39-27/h1-13,25H,14-19H2/t25-/m0/s1. The van der Waals surface area contributed by atoms with Gasteiger partial charge in [0.15, 0.2) is 11.0 Å². The Labute approximate surface area is 227 Å². The van der Waals surface area contributed by atoms with Crippen LogP contribution in [-0.2, 0) is 19.1 Å². The first kappa shape index (κ1) is 25.4. The summed E-state index contributed by atoms with van der Waals surface area (Å²) < 4.78 is 42.8. The topological polar surface area (TPSA) is 63.0 Å². The van der Waals surface area contributed by atoms with Gasteiger partial charge >= 0.3 is 6.18 Å². The molecule has 0 amide bonds. The lowest BCUT2D eigenvalue weighted by Gasteiger charge is -2.38. The Kier molecular flexibility index (Phi) is 7.01. The fraction of sp³-hybridized carbons (Fsp3) is 0.286. The van der Waals surface area contributed by atoms with Gasteiger partial charge in [0, 0.05) is 32.7 Å². The molecule has 0 bridgehead atoms. The molecular formula is C28H26F3N7S. The average Bonchev–Trinajstić information content (AvgIpc) is 3.60. The van der Waals surface area contributed by atoms with Crippen LogP contribution in [0.3, 0.4) is 0 Å². The number of aromatic nitrogens is 5. The molecule has 0 spiro atoms. The Morgan fingerprint density at radius 1 is 0.846 bits per heavy atom. The van der Waals surface area contributed by atoms with Crippen LogP contribution in [0, 0.1) is 0 Å². The van der Waals surface area contributed by atoms with Gasteiger partial charge in [-0.1, -0.05) is 65.9 Å². The van der Waals surface area contributed by atoms with E-state index in [9.17, 15) is 13.2 Å². The molecule has 200 valence electrons. The molecule has 39 heavy (non-hydrogen) atoms. The average molecular weight is 550 g/mol. The fourth-order valence-electron chi connectivity index (χ4n) is 4.99. The first-order valence-electron chi connectivity index (χ1n) is 12.8. The number of hydrogen-bond acceptors (Lipinski definition) is 7. The van der Waals surface area contributed by atoms with Gasteiger partial charge in [-0.15, -0.1) is 5.10 Å². The SMILES string of the molecule is FC(F)(F)c1ccc([C@@H](c2nnnn2CCc2ccccc2)N2CCN(c3nc4ccccc4s3)CC2)cc1. The van der Waals surface area contributed by atoms with Gasteiger partial charge in [-0.25, -0.2) is 9.67 Å². The first-order chi connectivity index (χ1) is 19.0. The van der Waals surface area contributed by atoms with Crippen LogP contribution in [0.2, 0.25) is 0 Å². The molecule has 1 fully saturated rings. The smallest absolute Gasteiger partial charge is 0.345 e. The summed E-state index contributed by atoms with van der Waals surface area (Å²) >= 11 is 1.67. The van der Waals surface area contributed by atoms with Gasteiger partial charge in [0.2, 0.25) is 0 Å². The molecule has 3 aromatic carbocycles. The second-order valence-electron chi connectivity index (χ2n) is 9.51. The van der Waals surface area contributed by atoms with Gasteiger partial charge in [-0.05, 0) is 52.2 Å². The lowest BCUT2D eigenvalue weighted by atomic mass is 10.0. The highest BCUT2D eigenvalue weighted by molar-refractivity contribution is 7.22. The molecule has 0 radical (unpaired) electrons. The Bertz CT molecular complexity index is 1490. The molecule has 11 heteroatoms. The predicted molar refractivity (Wildman–Crippen MR) is 145 cm³/mol. The summed E-state index contributed by atoms with van der Waals surface area (Å²) in [5.74, 6) is 0.624. The van der Waals surface area contributed by atoms with Crippen LogP contribution in [0.15, 0.2) is 78.9 Å². The van der Waals surface area contributed by atoms with E-state index in [2.05, 4.69) is 43.5 Å². The summed E-state index contributed by atoms with van der Waals surface area (Å²) in [5, 5.41) is 13.6. The molecule has 7 nitrogen and oxygen atoms in total. The van der Waals surface area contributed by atoms with Crippen molar-refractivity contribution in [2.24, 2.45) is 0 Å². The van der Waals surface area contributed by atoms with E-state index in [1.807, 2.05) is 36.4 Å². The van der Waals surface area contributed by atoms with Crippen LogP contribution in [0.4, 0.5) is 18.3 Å². The highest BCUT2D eigenvalue weighted by atomic mass is 32.1. The normalized spacial score (nSPS) is 15.6. The number of alkyl halides is 3. The molecule has 1 aliphatic rings. The summed E-state index contributed by atoms with van der Waals surface area (Å²) in [7, 11) is 0. The number of benzene rings is 3. The lowest BCUT2D eigenvalue weighted by molar-refractivity contribution is -0.137. The van der Waals surface area contributed by atoms with Crippen molar-refractivity contribution in [3.63, 3.8) is 0 Å². The van der Waals surface area contributed by atoms with Crippen molar-refractivity contribution < 1.29 is 13.2 Å².